The van der Waals surface area contributed by atoms with Gasteiger partial charge in [-0.05, 0) is 60.9 Å². The Kier molecular flexibility index (Phi) is 4.81. The van der Waals surface area contributed by atoms with Crippen LogP contribution < -0.4 is 5.32 Å². The molecule has 0 aromatic rings. The molecule has 0 aliphatic carbocycles. The number of likely N-dealkylation sites (tertiary alicyclic amines) is 1. The molecule has 0 aromatic carbocycles. The molecule has 2 heterocycles. The minimum Gasteiger partial charge on any atom is -0.301 e. The molecule has 0 bridgehead atoms. The van der Waals surface area contributed by atoms with Crippen molar-refractivity contribution in [3.05, 3.63) is 0 Å². The van der Waals surface area contributed by atoms with E-state index in [4.69, 9.17) is 0 Å². The van der Waals surface area contributed by atoms with Gasteiger partial charge < -0.3 is 5.32 Å². The zero-order valence-electron chi connectivity index (χ0n) is 15.6. The van der Waals surface area contributed by atoms with E-state index < -0.39 is 0 Å². The largest absolute Gasteiger partial charge is 0.301 e. The van der Waals surface area contributed by atoms with Gasteiger partial charge in [0.05, 0.1) is 6.17 Å². The highest BCUT2D eigenvalue weighted by molar-refractivity contribution is 4.94. The lowest BCUT2D eigenvalue weighted by molar-refractivity contribution is 0.0304. The summed E-state index contributed by atoms with van der Waals surface area (Å²) in [5.41, 5.74) is 1.24. The van der Waals surface area contributed by atoms with Crippen molar-refractivity contribution in [3.63, 3.8) is 0 Å². The fourth-order valence-electron chi connectivity index (χ4n) is 5.21. The van der Waals surface area contributed by atoms with E-state index >= 15 is 0 Å². The summed E-state index contributed by atoms with van der Waals surface area (Å²) in [7, 11) is 0. The normalized spacial score (nSPS) is 36.7. The van der Waals surface area contributed by atoms with E-state index in [9.17, 15) is 0 Å². The summed E-state index contributed by atoms with van der Waals surface area (Å²) in [6.07, 6.45) is 5.84. The van der Waals surface area contributed by atoms with E-state index in [1.54, 1.807) is 0 Å². The van der Waals surface area contributed by atoms with Gasteiger partial charge in [-0.1, -0.05) is 48.5 Å². The Morgan fingerprint density at radius 1 is 1.00 bits per heavy atom. The first kappa shape index (κ1) is 17.3. The molecule has 124 valence electrons. The number of nitrogens with one attached hydrogen (secondary N) is 1. The van der Waals surface area contributed by atoms with E-state index in [1.165, 1.54) is 38.8 Å². The first-order valence-corrected chi connectivity index (χ1v) is 8.98. The summed E-state index contributed by atoms with van der Waals surface area (Å²) < 4.78 is 0. The van der Waals surface area contributed by atoms with Crippen molar-refractivity contribution in [2.45, 2.75) is 80.3 Å². The van der Waals surface area contributed by atoms with Gasteiger partial charge in [0.25, 0.3) is 0 Å². The number of hydrogen-bond donors (Lipinski definition) is 1. The van der Waals surface area contributed by atoms with Crippen molar-refractivity contribution in [3.8, 4) is 0 Å². The van der Waals surface area contributed by atoms with Crippen LogP contribution in [0.15, 0.2) is 0 Å². The Balaban J connectivity index is 2.18. The minimum atomic E-state index is 0.337. The van der Waals surface area contributed by atoms with Crippen LogP contribution in [0.25, 0.3) is 0 Å². The number of nitrogens with zero attached hydrogens (tertiary/aromatic N) is 1. The third-order valence-corrected chi connectivity index (χ3v) is 5.62. The molecule has 2 fully saturated rings. The molecule has 2 saturated heterocycles. The molecule has 2 nitrogen and oxygen atoms in total. The van der Waals surface area contributed by atoms with Crippen LogP contribution in [0.3, 0.4) is 0 Å². The van der Waals surface area contributed by atoms with Crippen molar-refractivity contribution >= 4 is 0 Å². The molecular formula is C19H38N2. The van der Waals surface area contributed by atoms with Crippen LogP contribution in [0, 0.1) is 22.2 Å². The average molecular weight is 295 g/mol. The molecule has 2 heteroatoms. The van der Waals surface area contributed by atoms with Crippen molar-refractivity contribution in [2.75, 3.05) is 19.6 Å². The van der Waals surface area contributed by atoms with Gasteiger partial charge in [0.2, 0.25) is 0 Å². The van der Waals surface area contributed by atoms with E-state index in [0.29, 0.717) is 22.4 Å². The van der Waals surface area contributed by atoms with E-state index in [0.717, 1.165) is 12.5 Å². The lowest BCUT2D eigenvalue weighted by Crippen LogP contribution is -2.55. The van der Waals surface area contributed by atoms with Crippen LogP contribution in [0.4, 0.5) is 0 Å². The molecule has 1 N–H and O–H groups in total. The second-order valence-electron chi connectivity index (χ2n) is 10.2. The zero-order chi connectivity index (χ0) is 15.9. The SMILES string of the molecule is CC1CCN(C2NCCC(C)(C)CC2(C)C)CC(C)(C)C1. The van der Waals surface area contributed by atoms with Gasteiger partial charge in [-0.15, -0.1) is 0 Å². The Hall–Kier alpha value is -0.0800. The Morgan fingerprint density at radius 2 is 1.67 bits per heavy atom. The molecule has 0 spiro atoms. The van der Waals surface area contributed by atoms with Crippen LogP contribution in [0.2, 0.25) is 0 Å². The van der Waals surface area contributed by atoms with Crippen molar-refractivity contribution < 1.29 is 0 Å². The maximum atomic E-state index is 3.90. The Morgan fingerprint density at radius 3 is 2.33 bits per heavy atom. The Labute approximate surface area is 133 Å². The summed E-state index contributed by atoms with van der Waals surface area (Å²) in [4.78, 5) is 2.77. The van der Waals surface area contributed by atoms with Crippen LogP contribution in [-0.2, 0) is 0 Å². The van der Waals surface area contributed by atoms with Gasteiger partial charge in [-0.25, -0.2) is 0 Å². The van der Waals surface area contributed by atoms with Crippen LogP contribution in [0.5, 0.6) is 0 Å². The summed E-state index contributed by atoms with van der Waals surface area (Å²) in [5.74, 6) is 0.857. The molecular weight excluding hydrogens is 256 g/mol. The van der Waals surface area contributed by atoms with E-state index in [2.05, 4.69) is 58.7 Å². The maximum absolute atomic E-state index is 3.90. The molecule has 2 unspecified atom stereocenters. The second-order valence-corrected chi connectivity index (χ2v) is 10.2. The molecule has 2 aliphatic rings. The lowest BCUT2D eigenvalue weighted by atomic mass is 9.73. The minimum absolute atomic E-state index is 0.337. The van der Waals surface area contributed by atoms with Crippen molar-refractivity contribution in [1.82, 2.24) is 10.2 Å². The summed E-state index contributed by atoms with van der Waals surface area (Å²) >= 11 is 0. The molecule has 0 radical (unpaired) electrons. The Bertz CT molecular complexity index is 357. The molecule has 2 atom stereocenters. The molecule has 0 saturated carbocycles. The summed E-state index contributed by atoms with van der Waals surface area (Å²) in [6.45, 7) is 20.8. The first-order chi connectivity index (χ1) is 9.51. The van der Waals surface area contributed by atoms with Gasteiger partial charge in [0.15, 0.2) is 0 Å². The summed E-state index contributed by atoms with van der Waals surface area (Å²) in [5, 5.41) is 3.90. The number of hydrogen-bond acceptors (Lipinski definition) is 2. The highest BCUT2D eigenvalue weighted by atomic mass is 15.3. The quantitative estimate of drug-likeness (QED) is 0.765. The van der Waals surface area contributed by atoms with Crippen LogP contribution in [0.1, 0.15) is 74.1 Å². The van der Waals surface area contributed by atoms with Crippen molar-refractivity contribution in [2.24, 2.45) is 22.2 Å². The third-order valence-electron chi connectivity index (χ3n) is 5.62. The molecule has 2 aliphatic heterocycles. The fraction of sp³-hybridized carbons (Fsp3) is 1.00. The van der Waals surface area contributed by atoms with Gasteiger partial charge in [-0.2, -0.15) is 0 Å². The van der Waals surface area contributed by atoms with E-state index in [1.807, 2.05) is 0 Å². The molecule has 21 heavy (non-hydrogen) atoms. The monoisotopic (exact) mass is 294 g/mol. The van der Waals surface area contributed by atoms with Crippen LogP contribution in [-0.4, -0.2) is 30.7 Å². The summed E-state index contributed by atoms with van der Waals surface area (Å²) in [6, 6.07) is 0. The van der Waals surface area contributed by atoms with Gasteiger partial charge in [0, 0.05) is 6.54 Å². The highest BCUT2D eigenvalue weighted by Crippen LogP contribution is 2.43. The van der Waals surface area contributed by atoms with Gasteiger partial charge in [-0.3, -0.25) is 4.90 Å². The smallest absolute Gasteiger partial charge is 0.0650 e. The van der Waals surface area contributed by atoms with Crippen LogP contribution >= 0.6 is 0 Å². The maximum Gasteiger partial charge on any atom is 0.0650 e. The van der Waals surface area contributed by atoms with Gasteiger partial charge >= 0.3 is 0 Å². The fourth-order valence-corrected chi connectivity index (χ4v) is 5.21. The molecule has 0 aromatic heterocycles. The van der Waals surface area contributed by atoms with Crippen molar-refractivity contribution in [1.29, 1.82) is 0 Å². The predicted molar refractivity (Wildman–Crippen MR) is 92.3 cm³/mol. The average Bonchev–Trinajstić information content (AvgIpc) is 2.46. The first-order valence-electron chi connectivity index (χ1n) is 8.98. The zero-order valence-corrected chi connectivity index (χ0v) is 15.6. The lowest BCUT2D eigenvalue weighted by Gasteiger charge is -2.45. The highest BCUT2D eigenvalue weighted by Gasteiger charge is 2.42. The third kappa shape index (κ3) is 4.45. The van der Waals surface area contributed by atoms with Gasteiger partial charge in [0.1, 0.15) is 0 Å². The number of rotatable bonds is 1. The molecule has 2 rings (SSSR count). The topological polar surface area (TPSA) is 15.3 Å². The standard InChI is InChI=1S/C19H38N2/c1-15-8-11-21(14-18(4,5)12-15)16-19(6,7)13-17(2,3)9-10-20-16/h15-16,20H,8-14H2,1-7H3. The molecule has 0 amide bonds. The second kappa shape index (κ2) is 5.85. The predicted octanol–water partition coefficient (Wildman–Crippen LogP) is 4.51. The van der Waals surface area contributed by atoms with E-state index in [-0.39, 0.29) is 0 Å².